The molecular weight excluding hydrogens is 272 g/mol. The van der Waals surface area contributed by atoms with Crippen molar-refractivity contribution >= 4 is 33.2 Å². The number of esters is 1. The van der Waals surface area contributed by atoms with E-state index in [2.05, 4.69) is 10.3 Å². The lowest BCUT2D eigenvalue weighted by Gasteiger charge is -2.10. The minimum Gasteiger partial charge on any atom is -0.466 e. The summed E-state index contributed by atoms with van der Waals surface area (Å²) in [6.07, 6.45) is 1.87. The minimum absolute atomic E-state index is 0.0948. The molecule has 102 valence electrons. The summed E-state index contributed by atoms with van der Waals surface area (Å²) in [4.78, 5) is 15.6. The van der Waals surface area contributed by atoms with Crippen molar-refractivity contribution in [1.29, 1.82) is 0 Å². The van der Waals surface area contributed by atoms with Crippen molar-refractivity contribution in [2.24, 2.45) is 0 Å². The van der Waals surface area contributed by atoms with Gasteiger partial charge in [0.2, 0.25) is 0 Å². The molecule has 0 aliphatic heterocycles. The summed E-state index contributed by atoms with van der Waals surface area (Å²) in [5.41, 5.74) is 0.700. The number of ether oxygens (including phenoxy) is 1. The lowest BCUT2D eigenvalue weighted by molar-refractivity contribution is -0.142. The zero-order chi connectivity index (χ0) is 13.5. The van der Waals surface area contributed by atoms with Crippen LogP contribution in [0.25, 0.3) is 0 Å². The molecule has 0 saturated carbocycles. The van der Waals surface area contributed by atoms with E-state index >= 15 is 0 Å². The predicted octanol–water partition coefficient (Wildman–Crippen LogP) is 1.43. The molecule has 0 spiro atoms. The van der Waals surface area contributed by atoms with E-state index in [1.807, 2.05) is 12.3 Å². The molecule has 0 amide bonds. The number of rotatable bonds is 7. The molecule has 1 rings (SSSR count). The van der Waals surface area contributed by atoms with Gasteiger partial charge in [-0.3, -0.25) is 9.00 Å². The summed E-state index contributed by atoms with van der Waals surface area (Å²) < 4.78 is 15.9. The Morgan fingerprint density at radius 1 is 1.67 bits per heavy atom. The summed E-state index contributed by atoms with van der Waals surface area (Å²) in [5, 5.41) is 5.73. The second kappa shape index (κ2) is 7.48. The molecule has 1 N–H and O–H groups in total. The molecule has 1 aromatic heterocycles. The third-order valence-corrected chi connectivity index (χ3v) is 3.83. The zero-order valence-corrected chi connectivity index (χ0v) is 12.4. The van der Waals surface area contributed by atoms with E-state index < -0.39 is 10.8 Å². The number of nitrogens with zero attached hydrogens (tertiary/aromatic N) is 1. The molecule has 0 saturated heterocycles. The van der Waals surface area contributed by atoms with Gasteiger partial charge in [-0.25, -0.2) is 4.98 Å². The summed E-state index contributed by atoms with van der Waals surface area (Å²) in [6, 6.07) is 0.0948. The fourth-order valence-electron chi connectivity index (χ4n) is 1.42. The van der Waals surface area contributed by atoms with E-state index in [1.165, 1.54) is 11.3 Å². The molecule has 5 nitrogen and oxygen atoms in total. The number of nitrogens with one attached hydrogen (secondary N) is 1. The van der Waals surface area contributed by atoms with Crippen LogP contribution in [-0.4, -0.2) is 39.8 Å². The van der Waals surface area contributed by atoms with Crippen molar-refractivity contribution in [1.82, 2.24) is 4.98 Å². The van der Waals surface area contributed by atoms with Gasteiger partial charge >= 0.3 is 5.97 Å². The predicted molar refractivity (Wildman–Crippen MR) is 74.5 cm³/mol. The highest BCUT2D eigenvalue weighted by Gasteiger charge is 2.10. The van der Waals surface area contributed by atoms with Crippen molar-refractivity contribution < 1.29 is 13.7 Å². The van der Waals surface area contributed by atoms with Crippen molar-refractivity contribution in [3.8, 4) is 0 Å². The molecule has 0 aromatic carbocycles. The average Bonchev–Trinajstić information content (AvgIpc) is 2.64. The molecule has 0 bridgehead atoms. The second-order valence-corrected chi connectivity index (χ2v) is 6.25. The van der Waals surface area contributed by atoms with E-state index in [0.29, 0.717) is 18.1 Å². The maximum absolute atomic E-state index is 11.3. The van der Waals surface area contributed by atoms with Crippen molar-refractivity contribution in [2.45, 2.75) is 26.3 Å². The number of hydrogen-bond donors (Lipinski definition) is 1. The second-order valence-electron chi connectivity index (χ2n) is 3.91. The molecule has 2 unspecified atom stereocenters. The van der Waals surface area contributed by atoms with E-state index in [1.54, 1.807) is 13.2 Å². The smallest absolute Gasteiger partial charge is 0.311 e. The van der Waals surface area contributed by atoms with Crippen LogP contribution in [-0.2, 0) is 26.8 Å². The van der Waals surface area contributed by atoms with Crippen LogP contribution >= 0.6 is 11.3 Å². The Morgan fingerprint density at radius 3 is 3.00 bits per heavy atom. The fourth-order valence-corrected chi connectivity index (χ4v) is 3.03. The van der Waals surface area contributed by atoms with Gasteiger partial charge in [0.1, 0.15) is 0 Å². The highest BCUT2D eigenvalue weighted by Crippen LogP contribution is 2.17. The summed E-state index contributed by atoms with van der Waals surface area (Å²) in [5.74, 6) is 0.310. The molecule has 0 radical (unpaired) electrons. The molecule has 7 heteroatoms. The van der Waals surface area contributed by atoms with Crippen molar-refractivity contribution in [3.05, 3.63) is 11.1 Å². The molecule has 18 heavy (non-hydrogen) atoms. The normalized spacial score (nSPS) is 13.9. The number of carbonyl (C=O) groups excluding carboxylic acids is 1. The first-order valence-corrected chi connectivity index (χ1v) is 8.28. The molecular formula is C11H18N2O3S2. The Hall–Kier alpha value is -0.950. The standard InChI is InChI=1S/C11H18N2O3S2/c1-4-16-10(14)5-9-6-17-11(13-9)12-8(2)7-18(3)15/h6,8H,4-5,7H2,1-3H3,(H,12,13). The van der Waals surface area contributed by atoms with Crippen molar-refractivity contribution in [2.75, 3.05) is 23.9 Å². The number of anilines is 1. The minimum atomic E-state index is -0.834. The van der Waals surface area contributed by atoms with Gasteiger partial charge in [-0.05, 0) is 13.8 Å². The van der Waals surface area contributed by atoms with Gasteiger partial charge in [-0.15, -0.1) is 11.3 Å². The summed E-state index contributed by atoms with van der Waals surface area (Å²) >= 11 is 1.44. The van der Waals surface area contributed by atoms with Gasteiger partial charge in [-0.2, -0.15) is 0 Å². The summed E-state index contributed by atoms with van der Waals surface area (Å²) in [6.45, 7) is 4.11. The monoisotopic (exact) mass is 290 g/mol. The van der Waals surface area contributed by atoms with Crippen molar-refractivity contribution in [3.63, 3.8) is 0 Å². The van der Waals surface area contributed by atoms with Crippen LogP contribution in [0.3, 0.4) is 0 Å². The Kier molecular flexibility index (Phi) is 6.28. The zero-order valence-electron chi connectivity index (χ0n) is 10.8. The number of hydrogen-bond acceptors (Lipinski definition) is 6. The molecule has 1 heterocycles. The van der Waals surface area contributed by atoms with Crippen LogP contribution in [0.15, 0.2) is 5.38 Å². The first kappa shape index (κ1) is 15.1. The fraction of sp³-hybridized carbons (Fsp3) is 0.636. The lowest BCUT2D eigenvalue weighted by atomic mass is 10.3. The maximum Gasteiger partial charge on any atom is 0.311 e. The number of carbonyl (C=O) groups is 1. The molecule has 1 aromatic rings. The van der Waals surface area contributed by atoms with Gasteiger partial charge < -0.3 is 10.1 Å². The Bertz CT molecular complexity index is 420. The van der Waals surface area contributed by atoms with Gasteiger partial charge in [0.15, 0.2) is 5.13 Å². The van der Waals surface area contributed by atoms with Crippen LogP contribution in [0.1, 0.15) is 19.5 Å². The van der Waals surface area contributed by atoms with E-state index in [4.69, 9.17) is 4.74 Å². The van der Waals surface area contributed by atoms with Crippen LogP contribution in [0, 0.1) is 0 Å². The highest BCUT2D eigenvalue weighted by molar-refractivity contribution is 7.84. The molecule has 0 aliphatic rings. The van der Waals surface area contributed by atoms with Crippen LogP contribution in [0.5, 0.6) is 0 Å². The third-order valence-electron chi connectivity index (χ3n) is 2.04. The van der Waals surface area contributed by atoms with E-state index in [-0.39, 0.29) is 18.4 Å². The molecule has 0 fully saturated rings. The Morgan fingerprint density at radius 2 is 2.39 bits per heavy atom. The first-order valence-electron chi connectivity index (χ1n) is 5.67. The van der Waals surface area contributed by atoms with Gasteiger partial charge in [-0.1, -0.05) is 0 Å². The molecule has 0 aliphatic carbocycles. The molecule has 2 atom stereocenters. The Balaban J connectivity index is 2.47. The largest absolute Gasteiger partial charge is 0.466 e. The first-order chi connectivity index (χ1) is 8.51. The van der Waals surface area contributed by atoms with Gasteiger partial charge in [0, 0.05) is 34.2 Å². The maximum atomic E-state index is 11.3. The third kappa shape index (κ3) is 5.59. The quantitative estimate of drug-likeness (QED) is 0.769. The van der Waals surface area contributed by atoms with Crippen LogP contribution in [0.2, 0.25) is 0 Å². The van der Waals surface area contributed by atoms with Crippen LogP contribution in [0.4, 0.5) is 5.13 Å². The number of aromatic nitrogens is 1. The SMILES string of the molecule is CCOC(=O)Cc1csc(NC(C)CS(C)=O)n1. The highest BCUT2D eigenvalue weighted by atomic mass is 32.2. The van der Waals surface area contributed by atoms with Gasteiger partial charge in [0.05, 0.1) is 18.7 Å². The van der Waals surface area contributed by atoms with E-state index in [0.717, 1.165) is 5.13 Å². The average molecular weight is 290 g/mol. The Labute approximate surface area is 113 Å². The van der Waals surface area contributed by atoms with Crippen LogP contribution < -0.4 is 5.32 Å². The summed E-state index contributed by atoms with van der Waals surface area (Å²) in [7, 11) is -0.834. The van der Waals surface area contributed by atoms with E-state index in [9.17, 15) is 9.00 Å². The lowest BCUT2D eigenvalue weighted by Crippen LogP contribution is -2.22. The number of thiazole rings is 1. The van der Waals surface area contributed by atoms with Gasteiger partial charge in [0.25, 0.3) is 0 Å². The topological polar surface area (TPSA) is 68.3 Å².